The smallest absolute Gasteiger partial charge is 0.226 e. The number of aromatic amines is 1. The van der Waals surface area contributed by atoms with Crippen molar-refractivity contribution in [2.24, 2.45) is 0 Å². The molecule has 0 bridgehead atoms. The zero-order valence-electron chi connectivity index (χ0n) is 13.9. The molecule has 2 aromatic heterocycles. The monoisotopic (exact) mass is 368 g/mol. The molecule has 0 spiro atoms. The third-order valence-corrected chi connectivity index (χ3v) is 5.56. The first-order chi connectivity index (χ1) is 12.4. The zero-order valence-corrected chi connectivity index (χ0v) is 14.7. The van der Waals surface area contributed by atoms with Crippen molar-refractivity contribution in [1.29, 1.82) is 0 Å². The van der Waals surface area contributed by atoms with E-state index in [9.17, 15) is 13.2 Å². The SMILES string of the molecule is CS(=O)(=O)c1ccc(C2CC(=O)Nc3n[nH]c(-c4ccccn4)c32)cc1. The maximum absolute atomic E-state index is 12.1. The molecule has 4 rings (SSSR count). The molecule has 1 unspecified atom stereocenters. The van der Waals surface area contributed by atoms with Crippen molar-refractivity contribution in [2.45, 2.75) is 17.2 Å². The van der Waals surface area contributed by atoms with Gasteiger partial charge in [-0.3, -0.25) is 14.9 Å². The number of hydrogen-bond donors (Lipinski definition) is 2. The summed E-state index contributed by atoms with van der Waals surface area (Å²) in [6, 6.07) is 12.2. The lowest BCUT2D eigenvalue weighted by Gasteiger charge is -2.23. The molecule has 1 amide bonds. The van der Waals surface area contributed by atoms with Gasteiger partial charge in [-0.25, -0.2) is 8.42 Å². The number of nitrogens with one attached hydrogen (secondary N) is 2. The van der Waals surface area contributed by atoms with Crippen LogP contribution in [0.5, 0.6) is 0 Å². The third-order valence-electron chi connectivity index (χ3n) is 4.43. The highest BCUT2D eigenvalue weighted by atomic mass is 32.2. The van der Waals surface area contributed by atoms with E-state index in [0.29, 0.717) is 5.82 Å². The van der Waals surface area contributed by atoms with Crippen molar-refractivity contribution in [3.05, 3.63) is 59.8 Å². The fourth-order valence-corrected chi connectivity index (χ4v) is 3.82. The Hall–Kier alpha value is -3.00. The van der Waals surface area contributed by atoms with E-state index in [1.165, 1.54) is 6.26 Å². The number of carbonyl (C=O) groups is 1. The first kappa shape index (κ1) is 16.5. The molecule has 0 fully saturated rings. The Morgan fingerprint density at radius 1 is 1.12 bits per heavy atom. The fraction of sp³-hybridized carbons (Fsp3) is 0.167. The van der Waals surface area contributed by atoms with Crippen molar-refractivity contribution in [2.75, 3.05) is 11.6 Å². The van der Waals surface area contributed by atoms with Gasteiger partial charge < -0.3 is 5.32 Å². The number of amides is 1. The average Bonchev–Trinajstić information content (AvgIpc) is 3.05. The number of carbonyl (C=O) groups excluding carboxylic acids is 1. The Morgan fingerprint density at radius 3 is 2.54 bits per heavy atom. The number of hydrogen-bond acceptors (Lipinski definition) is 5. The lowest BCUT2D eigenvalue weighted by Crippen LogP contribution is -2.23. The van der Waals surface area contributed by atoms with Crippen LogP contribution >= 0.6 is 0 Å². The molecule has 132 valence electrons. The molecule has 1 atom stereocenters. The number of sulfone groups is 1. The van der Waals surface area contributed by atoms with Gasteiger partial charge in [-0.2, -0.15) is 5.10 Å². The summed E-state index contributed by atoms with van der Waals surface area (Å²) in [5.74, 6) is 0.121. The second kappa shape index (κ2) is 6.06. The van der Waals surface area contributed by atoms with Crippen LogP contribution in [0, 0.1) is 0 Å². The van der Waals surface area contributed by atoms with Crippen LogP contribution in [-0.4, -0.2) is 35.8 Å². The summed E-state index contributed by atoms with van der Waals surface area (Å²) in [6.45, 7) is 0. The molecule has 0 saturated heterocycles. The number of fused-ring (bicyclic) bond motifs is 1. The summed E-state index contributed by atoms with van der Waals surface area (Å²) in [7, 11) is -3.27. The molecule has 3 heterocycles. The molecule has 2 N–H and O–H groups in total. The van der Waals surface area contributed by atoms with Crippen LogP contribution in [0.2, 0.25) is 0 Å². The zero-order chi connectivity index (χ0) is 18.3. The Labute approximate surface area is 150 Å². The topological polar surface area (TPSA) is 105 Å². The third kappa shape index (κ3) is 2.88. The molecule has 7 nitrogen and oxygen atoms in total. The largest absolute Gasteiger partial charge is 0.309 e. The minimum atomic E-state index is -3.27. The van der Waals surface area contributed by atoms with Crippen LogP contribution in [0.1, 0.15) is 23.5 Å². The van der Waals surface area contributed by atoms with Gasteiger partial charge in [0.1, 0.15) is 0 Å². The van der Waals surface area contributed by atoms with Gasteiger partial charge in [0, 0.05) is 30.4 Å². The number of H-pyrrole nitrogens is 1. The van der Waals surface area contributed by atoms with E-state index >= 15 is 0 Å². The maximum atomic E-state index is 12.1. The molecular formula is C18H16N4O3S. The second-order valence-electron chi connectivity index (χ2n) is 6.22. The summed E-state index contributed by atoms with van der Waals surface area (Å²) in [6.07, 6.45) is 3.12. The fourth-order valence-electron chi connectivity index (χ4n) is 3.19. The molecule has 26 heavy (non-hydrogen) atoms. The number of benzene rings is 1. The van der Waals surface area contributed by atoms with Gasteiger partial charge in [0.15, 0.2) is 15.7 Å². The molecule has 0 saturated carbocycles. The Bertz CT molecular complexity index is 1070. The van der Waals surface area contributed by atoms with Gasteiger partial charge in [-0.05, 0) is 29.8 Å². The van der Waals surface area contributed by atoms with Gasteiger partial charge >= 0.3 is 0 Å². The number of pyridine rings is 1. The quantitative estimate of drug-likeness (QED) is 0.738. The van der Waals surface area contributed by atoms with E-state index in [1.807, 2.05) is 18.2 Å². The molecular weight excluding hydrogens is 352 g/mol. The normalized spacial score (nSPS) is 16.8. The number of anilines is 1. The molecule has 1 aromatic carbocycles. The standard InChI is InChI=1S/C18H16N4O3S/c1-26(24,25)12-7-5-11(6-8-12)13-10-15(23)20-18-16(13)17(21-22-18)14-4-2-3-9-19-14/h2-9,13H,10H2,1H3,(H2,20,21,22,23). The summed E-state index contributed by atoms with van der Waals surface area (Å²) < 4.78 is 23.4. The van der Waals surface area contributed by atoms with Crippen molar-refractivity contribution in [3.63, 3.8) is 0 Å². The van der Waals surface area contributed by atoms with Gasteiger partial charge in [0.25, 0.3) is 0 Å². The van der Waals surface area contributed by atoms with E-state index in [1.54, 1.807) is 30.5 Å². The highest BCUT2D eigenvalue weighted by Crippen LogP contribution is 2.41. The average molecular weight is 368 g/mol. The summed E-state index contributed by atoms with van der Waals surface area (Å²) in [5, 5.41) is 9.97. The molecule has 0 radical (unpaired) electrons. The highest BCUT2D eigenvalue weighted by molar-refractivity contribution is 7.90. The lowest BCUT2D eigenvalue weighted by molar-refractivity contribution is -0.116. The van der Waals surface area contributed by atoms with Crippen molar-refractivity contribution >= 4 is 21.6 Å². The Kier molecular flexibility index (Phi) is 3.84. The van der Waals surface area contributed by atoms with Crippen molar-refractivity contribution in [1.82, 2.24) is 15.2 Å². The molecule has 8 heteroatoms. The van der Waals surface area contributed by atoms with Crippen LogP contribution < -0.4 is 5.32 Å². The molecule has 0 aliphatic carbocycles. The predicted octanol–water partition coefficient (Wildman–Crippen LogP) is 2.35. The first-order valence-electron chi connectivity index (χ1n) is 8.03. The van der Waals surface area contributed by atoms with Crippen LogP contribution in [-0.2, 0) is 14.6 Å². The maximum Gasteiger partial charge on any atom is 0.226 e. The highest BCUT2D eigenvalue weighted by Gasteiger charge is 2.32. The van der Waals surface area contributed by atoms with Crippen LogP contribution in [0.4, 0.5) is 5.82 Å². The van der Waals surface area contributed by atoms with E-state index in [2.05, 4.69) is 20.5 Å². The minimum absolute atomic E-state index is 0.131. The van der Waals surface area contributed by atoms with Crippen LogP contribution in [0.15, 0.2) is 53.6 Å². The Morgan fingerprint density at radius 2 is 1.88 bits per heavy atom. The predicted molar refractivity (Wildman–Crippen MR) is 96.5 cm³/mol. The van der Waals surface area contributed by atoms with E-state index < -0.39 is 9.84 Å². The number of aromatic nitrogens is 3. The molecule has 3 aromatic rings. The van der Waals surface area contributed by atoms with E-state index in [-0.39, 0.29) is 23.1 Å². The number of rotatable bonds is 3. The molecule has 1 aliphatic heterocycles. The van der Waals surface area contributed by atoms with Gasteiger partial charge in [0.2, 0.25) is 5.91 Å². The summed E-state index contributed by atoms with van der Waals surface area (Å²) in [5.41, 5.74) is 3.19. The van der Waals surface area contributed by atoms with E-state index in [4.69, 9.17) is 0 Å². The van der Waals surface area contributed by atoms with Gasteiger partial charge in [-0.15, -0.1) is 0 Å². The van der Waals surface area contributed by atoms with E-state index in [0.717, 1.165) is 22.5 Å². The van der Waals surface area contributed by atoms with Crippen LogP contribution in [0.25, 0.3) is 11.4 Å². The molecule has 1 aliphatic rings. The van der Waals surface area contributed by atoms with Crippen molar-refractivity contribution in [3.8, 4) is 11.4 Å². The van der Waals surface area contributed by atoms with Crippen LogP contribution in [0.3, 0.4) is 0 Å². The van der Waals surface area contributed by atoms with Gasteiger partial charge in [0.05, 0.1) is 16.3 Å². The lowest BCUT2D eigenvalue weighted by atomic mass is 9.85. The second-order valence-corrected chi connectivity index (χ2v) is 8.24. The summed E-state index contributed by atoms with van der Waals surface area (Å²) >= 11 is 0. The minimum Gasteiger partial charge on any atom is -0.309 e. The number of nitrogens with zero attached hydrogens (tertiary/aromatic N) is 2. The first-order valence-corrected chi connectivity index (χ1v) is 9.92. The summed E-state index contributed by atoms with van der Waals surface area (Å²) in [4.78, 5) is 16.7. The van der Waals surface area contributed by atoms with Crippen molar-refractivity contribution < 1.29 is 13.2 Å². The van der Waals surface area contributed by atoms with Gasteiger partial charge in [-0.1, -0.05) is 18.2 Å². The Balaban J connectivity index is 1.82.